The summed E-state index contributed by atoms with van der Waals surface area (Å²) >= 11 is 0. The highest BCUT2D eigenvalue weighted by Crippen LogP contribution is 2.23. The Hall–Kier alpha value is -2.29. The first-order chi connectivity index (χ1) is 8.61. The number of aromatic amines is 1. The smallest absolute Gasteiger partial charge is 0.150 e. The number of aryl methyl sites for hydroxylation is 2. The fourth-order valence-corrected chi connectivity index (χ4v) is 1.99. The van der Waals surface area contributed by atoms with Gasteiger partial charge in [0, 0.05) is 28.2 Å². The van der Waals surface area contributed by atoms with E-state index in [1.54, 1.807) is 6.07 Å². The van der Waals surface area contributed by atoms with E-state index < -0.39 is 0 Å². The second kappa shape index (κ2) is 4.92. The number of rotatable bonds is 3. The second-order valence-corrected chi connectivity index (χ2v) is 4.35. The summed E-state index contributed by atoms with van der Waals surface area (Å²) in [5, 5.41) is 0. The number of allylic oxidation sites excluding steroid dienone is 1. The second-order valence-electron chi connectivity index (χ2n) is 4.35. The summed E-state index contributed by atoms with van der Waals surface area (Å²) in [4.78, 5) is 14.5. The lowest BCUT2D eigenvalue weighted by Crippen LogP contribution is -1.94. The first kappa shape index (κ1) is 12.2. The predicted octanol–water partition coefficient (Wildman–Crippen LogP) is 2.95. The molecule has 0 aliphatic carbocycles. The normalized spacial score (nSPS) is 11.6. The zero-order valence-electron chi connectivity index (χ0n) is 10.5. The first-order valence-electron chi connectivity index (χ1n) is 5.80. The lowest BCUT2D eigenvalue weighted by atomic mass is 10.0. The maximum absolute atomic E-state index is 11.2. The monoisotopic (exact) mass is 240 g/mol. The van der Waals surface area contributed by atoms with E-state index in [0.717, 1.165) is 28.8 Å². The van der Waals surface area contributed by atoms with E-state index in [0.29, 0.717) is 11.3 Å². The summed E-state index contributed by atoms with van der Waals surface area (Å²) in [7, 11) is 0. The number of hydrogen-bond acceptors (Lipinski definition) is 2. The highest BCUT2D eigenvalue weighted by Gasteiger charge is 2.06. The number of aldehydes is 1. The molecular formula is C15H16N2O. The van der Waals surface area contributed by atoms with Crippen LogP contribution in [0.15, 0.2) is 30.3 Å². The molecule has 0 atom stereocenters. The molecule has 0 saturated heterocycles. The largest absolute Gasteiger partial charge is 0.398 e. The van der Waals surface area contributed by atoms with Gasteiger partial charge in [0.2, 0.25) is 0 Å². The van der Waals surface area contributed by atoms with Gasteiger partial charge in [0.1, 0.15) is 0 Å². The number of benzene rings is 1. The molecule has 0 amide bonds. The Morgan fingerprint density at radius 1 is 1.28 bits per heavy atom. The number of nitrogens with two attached hydrogens (primary N) is 1. The van der Waals surface area contributed by atoms with Crippen molar-refractivity contribution in [2.45, 2.75) is 13.8 Å². The van der Waals surface area contributed by atoms with Crippen molar-refractivity contribution in [2.75, 3.05) is 5.73 Å². The van der Waals surface area contributed by atoms with Crippen LogP contribution in [0.5, 0.6) is 0 Å². The van der Waals surface area contributed by atoms with Gasteiger partial charge in [-0.2, -0.15) is 0 Å². The van der Waals surface area contributed by atoms with Crippen LogP contribution in [-0.2, 0) is 4.79 Å². The van der Waals surface area contributed by atoms with Crippen LogP contribution in [0.4, 0.5) is 5.69 Å². The third-order valence-electron chi connectivity index (χ3n) is 2.89. The summed E-state index contributed by atoms with van der Waals surface area (Å²) in [6.07, 6.45) is 2.67. The van der Waals surface area contributed by atoms with Gasteiger partial charge in [-0.05, 0) is 37.6 Å². The number of para-hydroxylation sites is 1. The van der Waals surface area contributed by atoms with Crippen LogP contribution in [0, 0.1) is 13.8 Å². The van der Waals surface area contributed by atoms with E-state index in [4.69, 9.17) is 5.73 Å². The Morgan fingerprint density at radius 3 is 2.56 bits per heavy atom. The van der Waals surface area contributed by atoms with Crippen molar-refractivity contribution < 1.29 is 4.79 Å². The standard InChI is InChI=1S/C15H16N2O/c1-10-7-11(2)17-15(10)8-12(9-18)13-5-3-4-6-14(13)16/h3-9,17H,16H2,1-2H3/b12-8+. The molecule has 3 nitrogen and oxygen atoms in total. The van der Waals surface area contributed by atoms with Crippen molar-refractivity contribution in [3.8, 4) is 0 Å². The van der Waals surface area contributed by atoms with Gasteiger partial charge in [0.25, 0.3) is 0 Å². The van der Waals surface area contributed by atoms with Gasteiger partial charge in [-0.3, -0.25) is 4.79 Å². The molecule has 0 bridgehead atoms. The van der Waals surface area contributed by atoms with Crippen molar-refractivity contribution >= 4 is 23.6 Å². The van der Waals surface area contributed by atoms with E-state index in [1.807, 2.05) is 44.2 Å². The molecule has 1 aromatic carbocycles. The Bertz CT molecular complexity index is 609. The summed E-state index contributed by atoms with van der Waals surface area (Å²) in [5.74, 6) is 0. The van der Waals surface area contributed by atoms with Crippen LogP contribution >= 0.6 is 0 Å². The van der Waals surface area contributed by atoms with Crippen LogP contribution < -0.4 is 5.73 Å². The van der Waals surface area contributed by atoms with E-state index in [2.05, 4.69) is 4.98 Å². The number of H-pyrrole nitrogens is 1. The highest BCUT2D eigenvalue weighted by atomic mass is 16.1. The van der Waals surface area contributed by atoms with Crippen molar-refractivity contribution in [1.29, 1.82) is 0 Å². The van der Waals surface area contributed by atoms with Gasteiger partial charge in [-0.25, -0.2) is 0 Å². The highest BCUT2D eigenvalue weighted by molar-refractivity contribution is 6.15. The fraction of sp³-hybridized carbons (Fsp3) is 0.133. The number of nitrogen functional groups attached to an aromatic ring is 1. The maximum atomic E-state index is 11.2. The molecule has 0 fully saturated rings. The zero-order valence-corrected chi connectivity index (χ0v) is 10.5. The Balaban J connectivity index is 2.50. The molecule has 2 rings (SSSR count). The van der Waals surface area contributed by atoms with E-state index in [1.165, 1.54) is 0 Å². The minimum Gasteiger partial charge on any atom is -0.398 e. The minimum atomic E-state index is 0.582. The molecule has 92 valence electrons. The van der Waals surface area contributed by atoms with Gasteiger partial charge in [-0.15, -0.1) is 0 Å². The maximum Gasteiger partial charge on any atom is 0.150 e. The van der Waals surface area contributed by atoms with Crippen molar-refractivity contribution in [1.82, 2.24) is 4.98 Å². The Labute approximate surface area is 106 Å². The molecule has 3 N–H and O–H groups in total. The number of aromatic nitrogens is 1. The number of carbonyl (C=O) groups excluding carboxylic acids is 1. The summed E-state index contributed by atoms with van der Waals surface area (Å²) in [6.45, 7) is 3.99. The number of carbonyl (C=O) groups is 1. The van der Waals surface area contributed by atoms with Gasteiger partial charge in [-0.1, -0.05) is 18.2 Å². The molecule has 2 aromatic rings. The van der Waals surface area contributed by atoms with Crippen LogP contribution in [0.1, 0.15) is 22.5 Å². The van der Waals surface area contributed by atoms with E-state index in [9.17, 15) is 4.79 Å². The lowest BCUT2D eigenvalue weighted by molar-refractivity contribution is -0.103. The molecule has 1 heterocycles. The predicted molar refractivity (Wildman–Crippen MR) is 75.1 cm³/mol. The van der Waals surface area contributed by atoms with Gasteiger partial charge in [0.05, 0.1) is 0 Å². The minimum absolute atomic E-state index is 0.582. The van der Waals surface area contributed by atoms with Crippen molar-refractivity contribution in [3.05, 3.63) is 52.8 Å². The molecular weight excluding hydrogens is 224 g/mol. The molecule has 0 aliphatic rings. The topological polar surface area (TPSA) is 58.9 Å². The summed E-state index contributed by atoms with van der Waals surface area (Å²) in [5.41, 5.74) is 11.0. The zero-order chi connectivity index (χ0) is 13.1. The molecule has 0 unspecified atom stereocenters. The molecule has 18 heavy (non-hydrogen) atoms. The van der Waals surface area contributed by atoms with Crippen LogP contribution in [0.2, 0.25) is 0 Å². The van der Waals surface area contributed by atoms with Crippen LogP contribution in [-0.4, -0.2) is 11.3 Å². The fourth-order valence-electron chi connectivity index (χ4n) is 1.99. The molecule has 0 spiro atoms. The van der Waals surface area contributed by atoms with Crippen LogP contribution in [0.25, 0.3) is 11.6 Å². The van der Waals surface area contributed by atoms with Crippen molar-refractivity contribution in [3.63, 3.8) is 0 Å². The molecule has 3 heteroatoms. The SMILES string of the molecule is Cc1cc(C)c(/C=C(\C=O)c2ccccc2N)[nH]1. The molecule has 0 radical (unpaired) electrons. The average molecular weight is 240 g/mol. The third kappa shape index (κ3) is 2.35. The molecule has 0 aliphatic heterocycles. The van der Waals surface area contributed by atoms with Gasteiger partial charge in [0.15, 0.2) is 6.29 Å². The summed E-state index contributed by atoms with van der Waals surface area (Å²) in [6, 6.07) is 9.41. The first-order valence-corrected chi connectivity index (χ1v) is 5.80. The van der Waals surface area contributed by atoms with Crippen LogP contribution in [0.3, 0.4) is 0 Å². The lowest BCUT2D eigenvalue weighted by Gasteiger charge is -2.04. The van der Waals surface area contributed by atoms with Gasteiger partial charge >= 0.3 is 0 Å². The number of nitrogens with one attached hydrogen (secondary N) is 1. The quantitative estimate of drug-likeness (QED) is 0.492. The number of anilines is 1. The Morgan fingerprint density at radius 2 is 2.00 bits per heavy atom. The van der Waals surface area contributed by atoms with E-state index in [-0.39, 0.29) is 0 Å². The average Bonchev–Trinajstić information content (AvgIpc) is 2.66. The van der Waals surface area contributed by atoms with Gasteiger partial charge < -0.3 is 10.7 Å². The van der Waals surface area contributed by atoms with E-state index >= 15 is 0 Å². The molecule has 1 aromatic heterocycles. The van der Waals surface area contributed by atoms with Crippen molar-refractivity contribution in [2.24, 2.45) is 0 Å². The molecule has 0 saturated carbocycles. The Kier molecular flexibility index (Phi) is 3.33. The third-order valence-corrected chi connectivity index (χ3v) is 2.89. The number of hydrogen-bond donors (Lipinski definition) is 2. The summed E-state index contributed by atoms with van der Waals surface area (Å²) < 4.78 is 0.